The fraction of sp³-hybridized carbons (Fsp3) is 0.278. The fourth-order valence-corrected chi connectivity index (χ4v) is 3.95. The van der Waals surface area contributed by atoms with Crippen molar-refractivity contribution in [3.8, 4) is 11.1 Å². The summed E-state index contributed by atoms with van der Waals surface area (Å²) >= 11 is 5.17. The molecule has 1 aliphatic rings. The van der Waals surface area contributed by atoms with E-state index in [1.54, 1.807) is 11.9 Å². The molecule has 1 N–H and O–H groups in total. The van der Waals surface area contributed by atoms with Crippen LogP contribution in [-0.2, 0) is 4.79 Å². The number of fused-ring (bicyclic) bond motifs is 3. The Morgan fingerprint density at radius 1 is 1.22 bits per heavy atom. The number of amides is 1. The summed E-state index contributed by atoms with van der Waals surface area (Å²) in [5.41, 5.74) is 3.45. The number of benzene rings is 2. The summed E-state index contributed by atoms with van der Waals surface area (Å²) in [6.07, 6.45) is 0. The van der Waals surface area contributed by atoms with E-state index in [0.717, 1.165) is 15.7 Å². The second-order valence-electron chi connectivity index (χ2n) is 5.98. The normalized spacial score (nSPS) is 12.8. The van der Waals surface area contributed by atoms with Crippen LogP contribution in [0.15, 0.2) is 51.8 Å². The Morgan fingerprint density at radius 3 is 2.78 bits per heavy atom. The van der Waals surface area contributed by atoms with Crippen molar-refractivity contribution >= 4 is 39.5 Å². The minimum absolute atomic E-state index is 0.0550. The molecule has 0 unspecified atom stereocenters. The zero-order chi connectivity index (χ0) is 16.4. The Morgan fingerprint density at radius 2 is 2.00 bits per heavy atom. The standard InChI is InChI=1S/C18H19BrN2OS/c1-12(2)10-20-18(22)11-21-16-8-7-13(19)9-15(16)14-5-3-4-6-17(14)23-21/h3-9,12H,10-11H2,1-2H3,(H,20,22). The van der Waals surface area contributed by atoms with Gasteiger partial charge in [0.15, 0.2) is 0 Å². The minimum atomic E-state index is 0.0550. The average molecular weight is 391 g/mol. The molecule has 1 aliphatic heterocycles. The van der Waals surface area contributed by atoms with Gasteiger partial charge >= 0.3 is 0 Å². The molecule has 1 heterocycles. The van der Waals surface area contributed by atoms with E-state index in [9.17, 15) is 4.79 Å². The molecule has 3 nitrogen and oxygen atoms in total. The Balaban J connectivity index is 1.88. The summed E-state index contributed by atoms with van der Waals surface area (Å²) in [5.74, 6) is 0.511. The minimum Gasteiger partial charge on any atom is -0.354 e. The smallest absolute Gasteiger partial charge is 0.240 e. The molecule has 0 spiro atoms. The average Bonchev–Trinajstić information content (AvgIpc) is 2.53. The third kappa shape index (κ3) is 3.72. The summed E-state index contributed by atoms with van der Waals surface area (Å²) < 4.78 is 3.11. The second-order valence-corrected chi connectivity index (χ2v) is 7.96. The number of halogens is 1. The monoisotopic (exact) mass is 390 g/mol. The van der Waals surface area contributed by atoms with Crippen LogP contribution in [0.25, 0.3) is 11.1 Å². The first-order valence-corrected chi connectivity index (χ1v) is 9.22. The van der Waals surface area contributed by atoms with Gasteiger partial charge in [0.25, 0.3) is 0 Å². The lowest BCUT2D eigenvalue weighted by Gasteiger charge is -2.31. The molecule has 0 aromatic heterocycles. The maximum atomic E-state index is 12.2. The zero-order valence-corrected chi connectivity index (χ0v) is 15.6. The molecule has 2 aromatic rings. The lowest BCUT2D eigenvalue weighted by atomic mass is 10.0. The van der Waals surface area contributed by atoms with E-state index in [-0.39, 0.29) is 5.91 Å². The van der Waals surface area contributed by atoms with Gasteiger partial charge in [0.05, 0.1) is 5.69 Å². The molecule has 3 rings (SSSR count). The molecule has 120 valence electrons. The predicted octanol–water partition coefficient (Wildman–Crippen LogP) is 4.72. The highest BCUT2D eigenvalue weighted by Gasteiger charge is 2.24. The van der Waals surface area contributed by atoms with Gasteiger partial charge in [-0.15, -0.1) is 0 Å². The number of hydrogen-bond donors (Lipinski definition) is 1. The Kier molecular flexibility index (Phi) is 4.97. The molecule has 2 aromatic carbocycles. The van der Waals surface area contributed by atoms with Crippen LogP contribution in [0.2, 0.25) is 0 Å². The maximum absolute atomic E-state index is 12.2. The largest absolute Gasteiger partial charge is 0.354 e. The lowest BCUT2D eigenvalue weighted by molar-refractivity contribution is -0.119. The topological polar surface area (TPSA) is 32.3 Å². The van der Waals surface area contributed by atoms with Gasteiger partial charge in [-0.3, -0.25) is 4.79 Å². The van der Waals surface area contributed by atoms with Crippen LogP contribution >= 0.6 is 27.9 Å². The van der Waals surface area contributed by atoms with E-state index in [1.807, 2.05) is 12.1 Å². The maximum Gasteiger partial charge on any atom is 0.240 e. The third-order valence-corrected chi connectivity index (χ3v) is 5.20. The van der Waals surface area contributed by atoms with Gasteiger partial charge < -0.3 is 9.62 Å². The van der Waals surface area contributed by atoms with Gasteiger partial charge in [0.1, 0.15) is 6.54 Å². The number of carbonyl (C=O) groups is 1. The molecule has 0 aliphatic carbocycles. The molecule has 0 bridgehead atoms. The molecular weight excluding hydrogens is 372 g/mol. The quantitative estimate of drug-likeness (QED) is 0.766. The predicted molar refractivity (Wildman–Crippen MR) is 101 cm³/mol. The molecule has 0 fully saturated rings. The van der Waals surface area contributed by atoms with Crippen molar-refractivity contribution < 1.29 is 4.79 Å². The van der Waals surface area contributed by atoms with Crippen molar-refractivity contribution in [3.05, 3.63) is 46.9 Å². The van der Waals surface area contributed by atoms with Crippen LogP contribution in [0, 0.1) is 5.92 Å². The van der Waals surface area contributed by atoms with Crippen LogP contribution < -0.4 is 9.62 Å². The van der Waals surface area contributed by atoms with E-state index in [4.69, 9.17) is 0 Å². The highest BCUT2D eigenvalue weighted by Crippen LogP contribution is 2.46. The first-order valence-electron chi connectivity index (χ1n) is 7.66. The SMILES string of the molecule is CC(C)CNC(=O)CN1Sc2ccccc2-c2cc(Br)ccc21. The van der Waals surface area contributed by atoms with Gasteiger partial charge in [0, 0.05) is 21.5 Å². The van der Waals surface area contributed by atoms with Crippen LogP contribution in [0.3, 0.4) is 0 Å². The molecule has 23 heavy (non-hydrogen) atoms. The van der Waals surface area contributed by atoms with Crippen molar-refractivity contribution in [2.24, 2.45) is 5.92 Å². The first kappa shape index (κ1) is 16.4. The number of nitrogens with zero attached hydrogens (tertiary/aromatic N) is 1. The number of rotatable bonds is 4. The van der Waals surface area contributed by atoms with Crippen molar-refractivity contribution in [3.63, 3.8) is 0 Å². The summed E-state index contributed by atoms with van der Waals surface area (Å²) in [7, 11) is 0. The zero-order valence-electron chi connectivity index (χ0n) is 13.2. The van der Waals surface area contributed by atoms with Gasteiger partial charge in [-0.2, -0.15) is 0 Å². The van der Waals surface area contributed by atoms with Crippen molar-refractivity contribution in [2.75, 3.05) is 17.4 Å². The van der Waals surface area contributed by atoms with Crippen LogP contribution in [0.5, 0.6) is 0 Å². The van der Waals surface area contributed by atoms with Gasteiger partial charge in [-0.05, 0) is 47.7 Å². The molecular formula is C18H19BrN2OS. The highest BCUT2D eigenvalue weighted by atomic mass is 79.9. The number of anilines is 1. The Bertz CT molecular complexity index is 733. The Hall–Kier alpha value is -1.46. The van der Waals surface area contributed by atoms with E-state index in [2.05, 4.69) is 69.7 Å². The molecule has 0 saturated carbocycles. The third-order valence-electron chi connectivity index (χ3n) is 3.61. The van der Waals surface area contributed by atoms with Crippen molar-refractivity contribution in [1.29, 1.82) is 0 Å². The molecule has 0 radical (unpaired) electrons. The Labute approximate surface area is 149 Å². The highest BCUT2D eigenvalue weighted by molar-refractivity contribution is 9.10. The number of hydrogen-bond acceptors (Lipinski definition) is 3. The van der Waals surface area contributed by atoms with Gasteiger partial charge in [-0.25, -0.2) is 0 Å². The van der Waals surface area contributed by atoms with E-state index in [1.165, 1.54) is 10.5 Å². The van der Waals surface area contributed by atoms with E-state index >= 15 is 0 Å². The molecule has 1 amide bonds. The van der Waals surface area contributed by atoms with Crippen LogP contribution in [-0.4, -0.2) is 19.0 Å². The van der Waals surface area contributed by atoms with Crippen LogP contribution in [0.1, 0.15) is 13.8 Å². The second kappa shape index (κ2) is 6.97. The molecule has 0 atom stereocenters. The van der Waals surface area contributed by atoms with Gasteiger partial charge in [-0.1, -0.05) is 48.0 Å². The fourth-order valence-electron chi connectivity index (χ4n) is 2.50. The molecule has 5 heteroatoms. The molecule has 0 saturated heterocycles. The lowest BCUT2D eigenvalue weighted by Crippen LogP contribution is -2.36. The van der Waals surface area contributed by atoms with Crippen molar-refractivity contribution in [2.45, 2.75) is 18.7 Å². The summed E-state index contributed by atoms with van der Waals surface area (Å²) in [6.45, 7) is 5.25. The first-order chi connectivity index (χ1) is 11.0. The summed E-state index contributed by atoms with van der Waals surface area (Å²) in [4.78, 5) is 13.4. The van der Waals surface area contributed by atoms with Crippen LogP contribution in [0.4, 0.5) is 5.69 Å². The van der Waals surface area contributed by atoms with Gasteiger partial charge in [0.2, 0.25) is 5.91 Å². The van der Waals surface area contributed by atoms with E-state index < -0.39 is 0 Å². The number of nitrogens with one attached hydrogen (secondary N) is 1. The van der Waals surface area contributed by atoms with Crippen molar-refractivity contribution in [1.82, 2.24) is 5.32 Å². The summed E-state index contributed by atoms with van der Waals surface area (Å²) in [5, 5.41) is 2.99. The van der Waals surface area contributed by atoms with E-state index in [0.29, 0.717) is 19.0 Å². The number of carbonyl (C=O) groups excluding carboxylic acids is 1. The summed E-state index contributed by atoms with van der Waals surface area (Å²) in [6, 6.07) is 14.5.